The summed E-state index contributed by atoms with van der Waals surface area (Å²) in [4.78, 5) is 20.3. The Labute approximate surface area is 212 Å². The van der Waals surface area contributed by atoms with Crippen molar-refractivity contribution in [2.75, 3.05) is 27.4 Å². The fraction of sp³-hybridized carbons (Fsp3) is 0.448. The molecule has 0 atom stereocenters. The van der Waals surface area contributed by atoms with Gasteiger partial charge in [0, 0.05) is 55.1 Å². The summed E-state index contributed by atoms with van der Waals surface area (Å²) in [5.41, 5.74) is 3.86. The Kier molecular flexibility index (Phi) is 6.07. The molecule has 1 aliphatic heterocycles. The van der Waals surface area contributed by atoms with Crippen LogP contribution in [0.2, 0.25) is 0 Å². The third-order valence-electron chi connectivity index (χ3n) is 7.42. The van der Waals surface area contributed by atoms with Gasteiger partial charge in [-0.2, -0.15) is 0 Å². The number of aromatic nitrogens is 2. The van der Waals surface area contributed by atoms with E-state index in [2.05, 4.69) is 21.7 Å². The molecule has 2 saturated carbocycles. The molecule has 3 aromatic rings. The van der Waals surface area contributed by atoms with Gasteiger partial charge in [-0.15, -0.1) is 0 Å². The number of carbonyl (C=O) groups is 1. The fourth-order valence-electron chi connectivity index (χ4n) is 5.06. The maximum Gasteiger partial charge on any atom is 0.254 e. The van der Waals surface area contributed by atoms with E-state index < -0.39 is 0 Å². The predicted molar refractivity (Wildman–Crippen MR) is 136 cm³/mol. The quantitative estimate of drug-likeness (QED) is 0.411. The lowest BCUT2D eigenvalue weighted by Crippen LogP contribution is -2.37. The lowest BCUT2D eigenvalue weighted by atomic mass is 9.94. The van der Waals surface area contributed by atoms with Crippen molar-refractivity contribution in [1.82, 2.24) is 14.5 Å². The summed E-state index contributed by atoms with van der Waals surface area (Å²) in [7, 11) is 3.28. The largest absolute Gasteiger partial charge is 0.497 e. The molecule has 2 heterocycles. The highest BCUT2D eigenvalue weighted by atomic mass is 16.5. The van der Waals surface area contributed by atoms with Crippen molar-refractivity contribution in [1.29, 1.82) is 0 Å². The van der Waals surface area contributed by atoms with Gasteiger partial charge < -0.3 is 23.7 Å². The van der Waals surface area contributed by atoms with Crippen LogP contribution in [0.4, 0.5) is 0 Å². The SMILES string of the molecule is COc1cc(CN2CCc3c(OCC4CC4)cc(Cn4ccnc4C4CC4)cc3C2=O)cc(OC)c1. The number of carbonyl (C=O) groups excluding carboxylic acids is 1. The van der Waals surface area contributed by atoms with Crippen molar-refractivity contribution >= 4 is 5.91 Å². The molecule has 1 aromatic heterocycles. The molecular weight excluding hydrogens is 454 g/mol. The lowest BCUT2D eigenvalue weighted by Gasteiger charge is -2.30. The number of fused-ring (bicyclic) bond motifs is 1. The summed E-state index contributed by atoms with van der Waals surface area (Å²) in [6, 6.07) is 9.98. The Morgan fingerprint density at radius 2 is 1.69 bits per heavy atom. The molecule has 6 rings (SSSR count). The van der Waals surface area contributed by atoms with Crippen LogP contribution in [-0.2, 0) is 19.5 Å². The van der Waals surface area contributed by atoms with Crippen molar-refractivity contribution in [3.8, 4) is 17.2 Å². The second-order valence-electron chi connectivity index (χ2n) is 10.3. The van der Waals surface area contributed by atoms with Crippen molar-refractivity contribution in [2.45, 2.75) is 51.1 Å². The number of nitrogens with zero attached hydrogens (tertiary/aromatic N) is 3. The Hall–Kier alpha value is -3.48. The Balaban J connectivity index is 1.29. The van der Waals surface area contributed by atoms with E-state index in [-0.39, 0.29) is 5.91 Å². The number of hydrogen-bond donors (Lipinski definition) is 0. The van der Waals surface area contributed by atoms with Gasteiger partial charge in [0.25, 0.3) is 5.91 Å². The van der Waals surface area contributed by atoms with E-state index in [4.69, 9.17) is 14.2 Å². The van der Waals surface area contributed by atoms with Crippen LogP contribution < -0.4 is 14.2 Å². The summed E-state index contributed by atoms with van der Waals surface area (Å²) in [5, 5.41) is 0. The monoisotopic (exact) mass is 487 g/mol. The van der Waals surface area contributed by atoms with Gasteiger partial charge in [0.15, 0.2) is 0 Å². The first-order valence-electron chi connectivity index (χ1n) is 12.9. The molecular formula is C29H33N3O4. The van der Waals surface area contributed by atoms with E-state index in [0.29, 0.717) is 31.5 Å². The minimum atomic E-state index is 0.0456. The maximum absolute atomic E-state index is 13.8. The van der Waals surface area contributed by atoms with Gasteiger partial charge in [0.05, 0.1) is 20.8 Å². The molecule has 7 heteroatoms. The summed E-state index contributed by atoms with van der Waals surface area (Å²) >= 11 is 0. The molecule has 2 fully saturated rings. The number of rotatable bonds is 10. The second-order valence-corrected chi connectivity index (χ2v) is 10.3. The number of benzene rings is 2. The molecule has 188 valence electrons. The third kappa shape index (κ3) is 4.79. The zero-order valence-electron chi connectivity index (χ0n) is 21.0. The van der Waals surface area contributed by atoms with Crippen LogP contribution >= 0.6 is 0 Å². The molecule has 3 aliphatic rings. The van der Waals surface area contributed by atoms with Gasteiger partial charge in [-0.05, 0) is 73.4 Å². The van der Waals surface area contributed by atoms with E-state index in [0.717, 1.165) is 58.4 Å². The van der Waals surface area contributed by atoms with Crippen LogP contribution in [0.25, 0.3) is 0 Å². The average Bonchev–Trinajstić information content (AvgIpc) is 3.84. The van der Waals surface area contributed by atoms with Crippen LogP contribution in [-0.4, -0.2) is 47.7 Å². The van der Waals surface area contributed by atoms with Gasteiger partial charge >= 0.3 is 0 Å². The van der Waals surface area contributed by atoms with Crippen molar-refractivity contribution in [2.24, 2.45) is 5.92 Å². The zero-order chi connectivity index (χ0) is 24.6. The van der Waals surface area contributed by atoms with Crippen molar-refractivity contribution in [3.05, 3.63) is 70.8 Å². The molecule has 0 bridgehead atoms. The number of imidazole rings is 1. The van der Waals surface area contributed by atoms with Gasteiger partial charge in [-0.1, -0.05) is 0 Å². The molecule has 7 nitrogen and oxygen atoms in total. The van der Waals surface area contributed by atoms with E-state index in [1.165, 1.54) is 25.7 Å². The fourth-order valence-corrected chi connectivity index (χ4v) is 5.06. The first-order chi connectivity index (χ1) is 17.6. The maximum atomic E-state index is 13.8. The van der Waals surface area contributed by atoms with E-state index >= 15 is 0 Å². The molecule has 0 unspecified atom stereocenters. The van der Waals surface area contributed by atoms with Gasteiger partial charge in [-0.3, -0.25) is 4.79 Å². The number of methoxy groups -OCH3 is 2. The van der Waals surface area contributed by atoms with Crippen LogP contribution in [0.1, 0.15) is 64.5 Å². The Morgan fingerprint density at radius 3 is 2.39 bits per heavy atom. The Morgan fingerprint density at radius 1 is 0.944 bits per heavy atom. The molecule has 2 aromatic carbocycles. The van der Waals surface area contributed by atoms with E-state index in [1.807, 2.05) is 35.5 Å². The average molecular weight is 488 g/mol. The minimum absolute atomic E-state index is 0.0456. The lowest BCUT2D eigenvalue weighted by molar-refractivity contribution is 0.0724. The summed E-state index contributed by atoms with van der Waals surface area (Å²) in [6.07, 6.45) is 9.59. The summed E-state index contributed by atoms with van der Waals surface area (Å²) in [5.74, 6) is 4.73. The second kappa shape index (κ2) is 9.52. The molecule has 0 radical (unpaired) electrons. The third-order valence-corrected chi connectivity index (χ3v) is 7.42. The van der Waals surface area contributed by atoms with Gasteiger partial charge in [0.1, 0.15) is 23.1 Å². The van der Waals surface area contributed by atoms with E-state index in [9.17, 15) is 4.79 Å². The number of amides is 1. The normalized spacial score (nSPS) is 17.2. The molecule has 0 N–H and O–H groups in total. The predicted octanol–water partition coefficient (Wildman–Crippen LogP) is 4.81. The minimum Gasteiger partial charge on any atom is -0.497 e. The zero-order valence-corrected chi connectivity index (χ0v) is 21.0. The number of hydrogen-bond acceptors (Lipinski definition) is 5. The van der Waals surface area contributed by atoms with Crippen molar-refractivity contribution in [3.63, 3.8) is 0 Å². The molecule has 1 amide bonds. The van der Waals surface area contributed by atoms with Gasteiger partial charge in [0.2, 0.25) is 0 Å². The van der Waals surface area contributed by atoms with E-state index in [1.54, 1.807) is 14.2 Å². The molecule has 36 heavy (non-hydrogen) atoms. The standard InChI is InChI=1S/C29H33N3O4/c1-34-23-11-20(12-24(15-23)35-2)17-32-9-7-25-26(29(32)33)13-21(14-27(25)36-18-19-3-4-19)16-31-10-8-30-28(31)22-5-6-22/h8,10-15,19,22H,3-7,9,16-18H2,1-2H3. The van der Waals surface area contributed by atoms with Crippen LogP contribution in [0.3, 0.4) is 0 Å². The summed E-state index contributed by atoms with van der Waals surface area (Å²) < 4.78 is 19.4. The Bertz CT molecular complexity index is 1250. The van der Waals surface area contributed by atoms with Crippen LogP contribution in [0, 0.1) is 5.92 Å². The highest BCUT2D eigenvalue weighted by Crippen LogP contribution is 2.40. The van der Waals surface area contributed by atoms with Crippen molar-refractivity contribution < 1.29 is 19.0 Å². The molecule has 0 spiro atoms. The smallest absolute Gasteiger partial charge is 0.254 e. The molecule has 2 aliphatic carbocycles. The summed E-state index contributed by atoms with van der Waals surface area (Å²) in [6.45, 7) is 2.58. The topological polar surface area (TPSA) is 65.8 Å². The van der Waals surface area contributed by atoms with Gasteiger partial charge in [-0.25, -0.2) is 4.98 Å². The number of ether oxygens (including phenoxy) is 3. The first kappa shape index (κ1) is 23.0. The van der Waals surface area contributed by atoms with Crippen LogP contribution in [0.15, 0.2) is 42.7 Å². The van der Waals surface area contributed by atoms with Crippen LogP contribution in [0.5, 0.6) is 17.2 Å². The molecule has 0 saturated heterocycles. The highest BCUT2D eigenvalue weighted by Gasteiger charge is 2.31. The first-order valence-corrected chi connectivity index (χ1v) is 12.9. The highest BCUT2D eigenvalue weighted by molar-refractivity contribution is 5.97.